The number of nitrogens with two attached hydrogens (primary N) is 1. The van der Waals surface area contributed by atoms with Gasteiger partial charge in [-0.2, -0.15) is 0 Å². The van der Waals surface area contributed by atoms with Crippen molar-refractivity contribution in [2.45, 2.75) is 26.8 Å². The molecule has 0 amide bonds. The maximum absolute atomic E-state index is 5.64. The van der Waals surface area contributed by atoms with E-state index in [1.807, 2.05) is 0 Å². The number of hydrogen-bond acceptors (Lipinski definition) is 3. The normalized spacial score (nSPS) is 26.8. The first-order valence-corrected chi connectivity index (χ1v) is 5.79. The van der Waals surface area contributed by atoms with Gasteiger partial charge in [0.2, 0.25) is 0 Å². The third kappa shape index (κ3) is 3.56. The summed E-state index contributed by atoms with van der Waals surface area (Å²) in [4.78, 5) is 2.54. The largest absolute Gasteiger partial charge is 0.330 e. The quantitative estimate of drug-likeness (QED) is 0.693. The van der Waals surface area contributed by atoms with Crippen molar-refractivity contribution in [3.63, 3.8) is 0 Å². The Morgan fingerprint density at radius 2 is 2.14 bits per heavy atom. The van der Waals surface area contributed by atoms with Crippen molar-refractivity contribution in [1.29, 1.82) is 0 Å². The molecule has 0 aromatic carbocycles. The van der Waals surface area contributed by atoms with Gasteiger partial charge in [-0.05, 0) is 18.4 Å². The lowest BCUT2D eigenvalue weighted by Gasteiger charge is -2.36. The smallest absolute Gasteiger partial charge is 0.0218 e. The zero-order valence-electron chi connectivity index (χ0n) is 9.79. The van der Waals surface area contributed by atoms with Crippen molar-refractivity contribution >= 4 is 0 Å². The Kier molecular flexibility index (Phi) is 4.85. The van der Waals surface area contributed by atoms with E-state index in [-0.39, 0.29) is 0 Å². The molecule has 1 aliphatic heterocycles. The number of piperazine rings is 1. The van der Waals surface area contributed by atoms with Crippen LogP contribution in [-0.2, 0) is 0 Å². The maximum Gasteiger partial charge on any atom is 0.0218 e. The van der Waals surface area contributed by atoms with Crippen LogP contribution in [0, 0.1) is 11.8 Å². The van der Waals surface area contributed by atoms with Gasteiger partial charge in [0.15, 0.2) is 0 Å². The molecule has 1 heterocycles. The summed E-state index contributed by atoms with van der Waals surface area (Å²) in [6, 6.07) is 0.661. The maximum atomic E-state index is 5.64. The van der Waals surface area contributed by atoms with Gasteiger partial charge < -0.3 is 16.0 Å². The molecule has 84 valence electrons. The molecule has 2 unspecified atom stereocenters. The molecule has 1 fully saturated rings. The number of rotatable bonds is 4. The van der Waals surface area contributed by atoms with Gasteiger partial charge in [0.25, 0.3) is 0 Å². The van der Waals surface area contributed by atoms with E-state index in [2.05, 4.69) is 31.0 Å². The fraction of sp³-hybridized carbons (Fsp3) is 1.00. The van der Waals surface area contributed by atoms with Gasteiger partial charge in [-0.25, -0.2) is 0 Å². The highest BCUT2D eigenvalue weighted by molar-refractivity contribution is 4.81. The van der Waals surface area contributed by atoms with E-state index in [9.17, 15) is 0 Å². The van der Waals surface area contributed by atoms with Crippen LogP contribution in [0.3, 0.4) is 0 Å². The summed E-state index contributed by atoms with van der Waals surface area (Å²) in [6.07, 6.45) is 0. The van der Waals surface area contributed by atoms with Crippen molar-refractivity contribution in [3.05, 3.63) is 0 Å². The molecular formula is C11H25N3. The average molecular weight is 199 g/mol. The molecule has 0 radical (unpaired) electrons. The molecule has 1 rings (SSSR count). The average Bonchev–Trinajstić information content (AvgIpc) is 2.18. The second-order valence-electron chi connectivity index (χ2n) is 4.91. The van der Waals surface area contributed by atoms with Gasteiger partial charge in [0.05, 0.1) is 0 Å². The first-order chi connectivity index (χ1) is 6.63. The first kappa shape index (κ1) is 12.0. The van der Waals surface area contributed by atoms with E-state index in [1.54, 1.807) is 0 Å². The summed E-state index contributed by atoms with van der Waals surface area (Å²) in [5.74, 6) is 1.35. The molecule has 0 aromatic rings. The van der Waals surface area contributed by atoms with E-state index in [1.165, 1.54) is 13.1 Å². The third-order valence-corrected chi connectivity index (χ3v) is 3.07. The summed E-state index contributed by atoms with van der Waals surface area (Å²) in [5.41, 5.74) is 5.64. The summed E-state index contributed by atoms with van der Waals surface area (Å²) < 4.78 is 0. The van der Waals surface area contributed by atoms with Crippen molar-refractivity contribution < 1.29 is 0 Å². The van der Waals surface area contributed by atoms with Crippen molar-refractivity contribution in [1.82, 2.24) is 10.2 Å². The molecule has 0 spiro atoms. The molecular weight excluding hydrogens is 174 g/mol. The molecule has 3 heteroatoms. The Morgan fingerprint density at radius 1 is 1.43 bits per heavy atom. The molecule has 1 aliphatic rings. The Labute approximate surface area is 88.0 Å². The standard InChI is InChI=1S/C11H25N3/c1-9(2)11-8-14(5-4-13-11)7-10(3)6-12/h9-11,13H,4-8,12H2,1-3H3. The van der Waals surface area contributed by atoms with Gasteiger partial charge in [0, 0.05) is 32.2 Å². The minimum Gasteiger partial charge on any atom is -0.330 e. The first-order valence-electron chi connectivity index (χ1n) is 5.79. The van der Waals surface area contributed by atoms with E-state index < -0.39 is 0 Å². The van der Waals surface area contributed by atoms with E-state index in [0.29, 0.717) is 12.0 Å². The zero-order chi connectivity index (χ0) is 10.6. The van der Waals surface area contributed by atoms with Crippen LogP contribution in [0.2, 0.25) is 0 Å². The fourth-order valence-electron chi connectivity index (χ4n) is 1.97. The molecule has 2 atom stereocenters. The molecule has 1 saturated heterocycles. The van der Waals surface area contributed by atoms with Crippen molar-refractivity contribution in [3.8, 4) is 0 Å². The minimum absolute atomic E-state index is 0.626. The highest BCUT2D eigenvalue weighted by atomic mass is 15.2. The van der Waals surface area contributed by atoms with E-state index in [0.717, 1.165) is 25.6 Å². The Balaban J connectivity index is 2.32. The highest BCUT2D eigenvalue weighted by Gasteiger charge is 2.22. The molecule has 3 N–H and O–H groups in total. The van der Waals surface area contributed by atoms with Gasteiger partial charge in [-0.1, -0.05) is 20.8 Å². The molecule has 0 aliphatic carbocycles. The van der Waals surface area contributed by atoms with Gasteiger partial charge in [0.1, 0.15) is 0 Å². The van der Waals surface area contributed by atoms with Crippen molar-refractivity contribution in [2.24, 2.45) is 17.6 Å². The number of nitrogens with one attached hydrogen (secondary N) is 1. The van der Waals surface area contributed by atoms with Crippen LogP contribution in [0.5, 0.6) is 0 Å². The van der Waals surface area contributed by atoms with Crippen LogP contribution in [0.15, 0.2) is 0 Å². The fourth-order valence-corrected chi connectivity index (χ4v) is 1.97. The summed E-state index contributed by atoms with van der Waals surface area (Å²) in [7, 11) is 0. The van der Waals surface area contributed by atoms with Crippen LogP contribution in [0.25, 0.3) is 0 Å². The SMILES string of the molecule is CC(CN)CN1CCNC(C(C)C)C1. The Morgan fingerprint density at radius 3 is 2.71 bits per heavy atom. The molecule has 0 saturated carbocycles. The lowest BCUT2D eigenvalue weighted by atomic mass is 10.0. The van der Waals surface area contributed by atoms with Crippen LogP contribution >= 0.6 is 0 Å². The zero-order valence-corrected chi connectivity index (χ0v) is 9.79. The van der Waals surface area contributed by atoms with Gasteiger partial charge in [-0.15, -0.1) is 0 Å². The Hall–Kier alpha value is -0.120. The van der Waals surface area contributed by atoms with E-state index in [4.69, 9.17) is 5.73 Å². The summed E-state index contributed by atoms with van der Waals surface area (Å²) >= 11 is 0. The second kappa shape index (κ2) is 5.69. The molecule has 0 bridgehead atoms. The van der Waals surface area contributed by atoms with Crippen LogP contribution < -0.4 is 11.1 Å². The highest BCUT2D eigenvalue weighted by Crippen LogP contribution is 2.09. The second-order valence-corrected chi connectivity index (χ2v) is 4.91. The summed E-state index contributed by atoms with van der Waals surface area (Å²) in [6.45, 7) is 12.2. The molecule has 3 nitrogen and oxygen atoms in total. The number of hydrogen-bond donors (Lipinski definition) is 2. The van der Waals surface area contributed by atoms with Crippen molar-refractivity contribution in [2.75, 3.05) is 32.7 Å². The van der Waals surface area contributed by atoms with E-state index >= 15 is 0 Å². The summed E-state index contributed by atoms with van der Waals surface area (Å²) in [5, 5.41) is 3.57. The monoisotopic (exact) mass is 199 g/mol. The van der Waals surface area contributed by atoms with Gasteiger partial charge in [-0.3, -0.25) is 0 Å². The lowest BCUT2D eigenvalue weighted by molar-refractivity contribution is 0.158. The Bertz CT molecular complexity index is 159. The minimum atomic E-state index is 0.626. The predicted molar refractivity (Wildman–Crippen MR) is 61.3 cm³/mol. The van der Waals surface area contributed by atoms with Crippen LogP contribution in [-0.4, -0.2) is 43.7 Å². The topological polar surface area (TPSA) is 41.3 Å². The molecule has 14 heavy (non-hydrogen) atoms. The number of nitrogens with zero attached hydrogens (tertiary/aromatic N) is 1. The third-order valence-electron chi connectivity index (χ3n) is 3.07. The van der Waals surface area contributed by atoms with Gasteiger partial charge >= 0.3 is 0 Å². The predicted octanol–water partition coefficient (Wildman–Crippen LogP) is 0.511. The van der Waals surface area contributed by atoms with Crippen LogP contribution in [0.4, 0.5) is 0 Å². The molecule has 0 aromatic heterocycles. The lowest BCUT2D eigenvalue weighted by Crippen LogP contribution is -2.53. The van der Waals surface area contributed by atoms with Crippen LogP contribution in [0.1, 0.15) is 20.8 Å².